The van der Waals surface area contributed by atoms with Crippen LogP contribution in [0.25, 0.3) is 45.7 Å². The van der Waals surface area contributed by atoms with E-state index in [1.807, 2.05) is 72.8 Å². The number of hydrogen-bond acceptors (Lipinski definition) is 6. The van der Waals surface area contributed by atoms with Crippen LogP contribution in [0.5, 0.6) is 0 Å². The normalized spacial score (nSPS) is 11.0. The van der Waals surface area contributed by atoms with Crippen molar-refractivity contribution in [2.24, 2.45) is 0 Å². The molecular weight excluding hydrogens is 390 g/mol. The van der Waals surface area contributed by atoms with Crippen LogP contribution in [0.4, 0.5) is 0 Å². The molecule has 0 aliphatic carbocycles. The van der Waals surface area contributed by atoms with E-state index in [0.717, 1.165) is 33.6 Å². The van der Waals surface area contributed by atoms with Crippen LogP contribution in [0.3, 0.4) is 0 Å². The molecule has 5 rings (SSSR count). The van der Waals surface area contributed by atoms with Gasteiger partial charge in [0.1, 0.15) is 0 Å². The molecule has 31 heavy (non-hydrogen) atoms. The predicted octanol–water partition coefficient (Wildman–Crippen LogP) is 5.53. The summed E-state index contributed by atoms with van der Waals surface area (Å²) in [6.45, 7) is 2.05. The van der Waals surface area contributed by atoms with E-state index < -0.39 is 0 Å². The standard InChI is InChI=1S/C25H19N3O3/c1-16-2-6-18(7-3-16)22-14-26-23(30-22)19-10-12-21(13-11-19)25-28-27-24(31-25)20-8-4-17(15-29)5-9-20/h2-14,29H,15H2,1H3. The van der Waals surface area contributed by atoms with Crippen LogP contribution in [0.2, 0.25) is 0 Å². The third-order valence-electron chi connectivity index (χ3n) is 5.03. The Morgan fingerprint density at radius 1 is 0.645 bits per heavy atom. The van der Waals surface area contributed by atoms with Crippen molar-refractivity contribution in [2.75, 3.05) is 0 Å². The molecule has 0 spiro atoms. The molecule has 0 radical (unpaired) electrons. The Morgan fingerprint density at radius 3 is 1.74 bits per heavy atom. The molecule has 3 aromatic carbocycles. The number of aryl methyl sites for hydroxylation is 1. The first-order valence-corrected chi connectivity index (χ1v) is 9.87. The Morgan fingerprint density at radius 2 is 1.16 bits per heavy atom. The minimum Gasteiger partial charge on any atom is -0.436 e. The molecule has 2 heterocycles. The summed E-state index contributed by atoms with van der Waals surface area (Å²) in [5.74, 6) is 2.14. The van der Waals surface area contributed by atoms with E-state index in [1.165, 1.54) is 5.56 Å². The number of aromatic nitrogens is 3. The fourth-order valence-electron chi connectivity index (χ4n) is 3.22. The van der Waals surface area contributed by atoms with Gasteiger partial charge in [0.05, 0.1) is 12.8 Å². The summed E-state index contributed by atoms with van der Waals surface area (Å²) in [6, 6.07) is 23.1. The van der Waals surface area contributed by atoms with Crippen LogP contribution in [0, 0.1) is 6.92 Å². The monoisotopic (exact) mass is 409 g/mol. The molecule has 6 nitrogen and oxygen atoms in total. The molecule has 0 saturated heterocycles. The van der Waals surface area contributed by atoms with Crippen molar-refractivity contribution < 1.29 is 13.9 Å². The number of nitrogens with zero attached hydrogens (tertiary/aromatic N) is 3. The summed E-state index contributed by atoms with van der Waals surface area (Å²) in [6.07, 6.45) is 1.74. The van der Waals surface area contributed by atoms with E-state index in [0.29, 0.717) is 17.7 Å². The second-order valence-corrected chi connectivity index (χ2v) is 7.24. The highest BCUT2D eigenvalue weighted by Gasteiger charge is 2.13. The zero-order chi connectivity index (χ0) is 21.2. The lowest BCUT2D eigenvalue weighted by molar-refractivity contribution is 0.282. The summed E-state index contributed by atoms with van der Waals surface area (Å²) in [5, 5.41) is 17.4. The summed E-state index contributed by atoms with van der Waals surface area (Å²) in [7, 11) is 0. The zero-order valence-corrected chi connectivity index (χ0v) is 16.8. The average Bonchev–Trinajstić information content (AvgIpc) is 3.50. The largest absolute Gasteiger partial charge is 0.436 e. The first kappa shape index (κ1) is 19.0. The smallest absolute Gasteiger partial charge is 0.248 e. The van der Waals surface area contributed by atoms with Gasteiger partial charge in [0.25, 0.3) is 0 Å². The van der Waals surface area contributed by atoms with Gasteiger partial charge in [-0.1, -0.05) is 42.0 Å². The fourth-order valence-corrected chi connectivity index (χ4v) is 3.22. The number of oxazole rings is 1. The van der Waals surface area contributed by atoms with E-state index >= 15 is 0 Å². The van der Waals surface area contributed by atoms with Gasteiger partial charge in [0, 0.05) is 22.3 Å². The highest BCUT2D eigenvalue weighted by Crippen LogP contribution is 2.29. The lowest BCUT2D eigenvalue weighted by Crippen LogP contribution is -1.83. The quantitative estimate of drug-likeness (QED) is 0.411. The molecule has 0 saturated carbocycles. The molecule has 2 aromatic heterocycles. The van der Waals surface area contributed by atoms with Gasteiger partial charge < -0.3 is 13.9 Å². The highest BCUT2D eigenvalue weighted by molar-refractivity contribution is 5.65. The van der Waals surface area contributed by atoms with Gasteiger partial charge in [-0.2, -0.15) is 0 Å². The SMILES string of the molecule is Cc1ccc(-c2cnc(-c3ccc(-c4nnc(-c5ccc(CO)cc5)o4)cc3)o2)cc1. The summed E-state index contributed by atoms with van der Waals surface area (Å²) in [5.41, 5.74) is 5.49. The van der Waals surface area contributed by atoms with Crippen LogP contribution in [0.15, 0.2) is 87.8 Å². The molecular formula is C25H19N3O3. The topological polar surface area (TPSA) is 85.2 Å². The number of rotatable bonds is 5. The third kappa shape index (κ3) is 3.89. The molecule has 0 amide bonds. The molecule has 0 atom stereocenters. The average molecular weight is 409 g/mol. The van der Waals surface area contributed by atoms with Gasteiger partial charge in [0.2, 0.25) is 17.7 Å². The maximum Gasteiger partial charge on any atom is 0.248 e. The molecule has 0 bridgehead atoms. The van der Waals surface area contributed by atoms with E-state index in [2.05, 4.69) is 22.1 Å². The second kappa shape index (κ2) is 8.01. The summed E-state index contributed by atoms with van der Waals surface area (Å²) < 4.78 is 11.8. The Hall–Kier alpha value is -4.03. The molecule has 152 valence electrons. The van der Waals surface area contributed by atoms with Crippen LogP contribution < -0.4 is 0 Å². The van der Waals surface area contributed by atoms with Gasteiger partial charge in [-0.15, -0.1) is 10.2 Å². The molecule has 0 fully saturated rings. The van der Waals surface area contributed by atoms with Gasteiger partial charge >= 0.3 is 0 Å². The first-order valence-electron chi connectivity index (χ1n) is 9.87. The Kier molecular flexibility index (Phi) is 4.90. The Bertz CT molecular complexity index is 1300. The van der Waals surface area contributed by atoms with E-state index in [9.17, 15) is 0 Å². The maximum atomic E-state index is 9.16. The summed E-state index contributed by atoms with van der Waals surface area (Å²) >= 11 is 0. The second-order valence-electron chi connectivity index (χ2n) is 7.24. The minimum absolute atomic E-state index is 0.00124. The first-order chi connectivity index (χ1) is 15.2. The van der Waals surface area contributed by atoms with Crippen molar-refractivity contribution in [3.8, 4) is 45.7 Å². The molecule has 0 aliphatic rings. The van der Waals surface area contributed by atoms with Crippen molar-refractivity contribution in [3.63, 3.8) is 0 Å². The molecule has 0 aliphatic heterocycles. The van der Waals surface area contributed by atoms with Crippen molar-refractivity contribution in [1.29, 1.82) is 0 Å². The predicted molar refractivity (Wildman–Crippen MR) is 117 cm³/mol. The Labute approximate surface area is 178 Å². The van der Waals surface area contributed by atoms with Crippen LogP contribution in [-0.4, -0.2) is 20.3 Å². The van der Waals surface area contributed by atoms with Gasteiger partial charge in [-0.3, -0.25) is 0 Å². The van der Waals surface area contributed by atoms with Gasteiger partial charge in [-0.25, -0.2) is 4.98 Å². The molecule has 6 heteroatoms. The van der Waals surface area contributed by atoms with Crippen molar-refractivity contribution >= 4 is 0 Å². The van der Waals surface area contributed by atoms with Gasteiger partial charge in [0.15, 0.2) is 5.76 Å². The number of hydrogen-bond donors (Lipinski definition) is 1. The number of aliphatic hydroxyl groups is 1. The minimum atomic E-state index is -0.00124. The number of aliphatic hydroxyl groups excluding tert-OH is 1. The molecule has 0 unspecified atom stereocenters. The van der Waals surface area contributed by atoms with Crippen LogP contribution in [-0.2, 0) is 6.61 Å². The van der Waals surface area contributed by atoms with Crippen molar-refractivity contribution in [3.05, 3.63) is 90.1 Å². The molecule has 1 N–H and O–H groups in total. The number of benzene rings is 3. The van der Waals surface area contributed by atoms with Gasteiger partial charge in [-0.05, 0) is 48.9 Å². The molecule has 5 aromatic rings. The highest BCUT2D eigenvalue weighted by atomic mass is 16.4. The Balaban J connectivity index is 1.36. The van der Waals surface area contributed by atoms with E-state index in [1.54, 1.807) is 6.20 Å². The van der Waals surface area contributed by atoms with Crippen LogP contribution in [0.1, 0.15) is 11.1 Å². The van der Waals surface area contributed by atoms with E-state index in [4.69, 9.17) is 13.9 Å². The van der Waals surface area contributed by atoms with Crippen molar-refractivity contribution in [1.82, 2.24) is 15.2 Å². The zero-order valence-electron chi connectivity index (χ0n) is 16.8. The fraction of sp³-hybridized carbons (Fsp3) is 0.0800. The summed E-state index contributed by atoms with van der Waals surface area (Å²) in [4.78, 5) is 4.41. The maximum absolute atomic E-state index is 9.16. The lowest BCUT2D eigenvalue weighted by Gasteiger charge is -1.99. The van der Waals surface area contributed by atoms with Crippen LogP contribution >= 0.6 is 0 Å². The van der Waals surface area contributed by atoms with Crippen molar-refractivity contribution in [2.45, 2.75) is 13.5 Å². The third-order valence-corrected chi connectivity index (χ3v) is 5.03. The van der Waals surface area contributed by atoms with E-state index in [-0.39, 0.29) is 6.61 Å². The lowest BCUT2D eigenvalue weighted by atomic mass is 10.1.